The third kappa shape index (κ3) is 9.57. The molecular formula is C22H32N7O8+. The maximum atomic E-state index is 12.5. The molecule has 5 N–H and O–H groups in total. The van der Waals surface area contributed by atoms with E-state index < -0.39 is 36.9 Å². The number of likely N-dealkylation sites (N-methyl/N-ethyl adjacent to an activating group) is 1. The summed E-state index contributed by atoms with van der Waals surface area (Å²) in [6.07, 6.45) is -0.734. The molecular weight excluding hydrogens is 490 g/mol. The Kier molecular flexibility index (Phi) is 11.1. The van der Waals surface area contributed by atoms with Crippen molar-refractivity contribution in [2.24, 2.45) is 5.16 Å². The SMILES string of the molecule is C[N+](C)(C)C(OC=O)C(=O)Nc1ccc(-n2cc(CNC(=O)CON=CC[C@H](O)[C@H](O)CO)nn2)cc1. The molecule has 1 heterocycles. The molecule has 2 aromatic rings. The van der Waals surface area contributed by atoms with Gasteiger partial charge >= 0.3 is 12.1 Å². The first-order valence-electron chi connectivity index (χ1n) is 11.2. The third-order valence-electron chi connectivity index (χ3n) is 4.84. The number of aliphatic hydroxyl groups is 3. The number of aromatic nitrogens is 3. The van der Waals surface area contributed by atoms with E-state index in [2.05, 4.69) is 26.1 Å². The van der Waals surface area contributed by atoms with Crippen LogP contribution in [-0.2, 0) is 30.5 Å². The van der Waals surface area contributed by atoms with E-state index >= 15 is 0 Å². The maximum Gasteiger partial charge on any atom is 0.325 e. The van der Waals surface area contributed by atoms with E-state index in [9.17, 15) is 24.6 Å². The summed E-state index contributed by atoms with van der Waals surface area (Å²) in [7, 11) is 5.18. The average molecular weight is 523 g/mol. The summed E-state index contributed by atoms with van der Waals surface area (Å²) in [5.41, 5.74) is 1.63. The molecule has 0 saturated heterocycles. The number of carbonyl (C=O) groups is 3. The minimum atomic E-state index is -1.28. The van der Waals surface area contributed by atoms with Crippen molar-refractivity contribution in [1.29, 1.82) is 0 Å². The highest BCUT2D eigenvalue weighted by atomic mass is 16.6. The van der Waals surface area contributed by atoms with Crippen LogP contribution in [0.4, 0.5) is 5.69 Å². The van der Waals surface area contributed by atoms with Gasteiger partial charge in [-0.3, -0.25) is 18.9 Å². The highest BCUT2D eigenvalue weighted by Crippen LogP contribution is 2.15. The van der Waals surface area contributed by atoms with Gasteiger partial charge in [0.05, 0.1) is 52.3 Å². The Labute approximate surface area is 212 Å². The van der Waals surface area contributed by atoms with Gasteiger partial charge in [-0.05, 0) is 24.3 Å². The molecule has 0 spiro atoms. The molecule has 202 valence electrons. The number of rotatable bonds is 15. The fourth-order valence-corrected chi connectivity index (χ4v) is 2.87. The van der Waals surface area contributed by atoms with Crippen LogP contribution >= 0.6 is 0 Å². The number of aliphatic hydroxyl groups excluding tert-OH is 3. The second-order valence-corrected chi connectivity index (χ2v) is 8.78. The Morgan fingerprint density at radius 2 is 1.89 bits per heavy atom. The van der Waals surface area contributed by atoms with Crippen LogP contribution in [0.25, 0.3) is 5.69 Å². The summed E-state index contributed by atoms with van der Waals surface area (Å²) in [6.45, 7) is -0.624. The van der Waals surface area contributed by atoms with Crippen LogP contribution in [0.2, 0.25) is 0 Å². The van der Waals surface area contributed by atoms with E-state index in [4.69, 9.17) is 14.7 Å². The maximum absolute atomic E-state index is 12.5. The third-order valence-corrected chi connectivity index (χ3v) is 4.84. The van der Waals surface area contributed by atoms with Crippen LogP contribution in [0.15, 0.2) is 35.6 Å². The van der Waals surface area contributed by atoms with Gasteiger partial charge in [0.15, 0.2) is 6.61 Å². The second kappa shape index (κ2) is 14.0. The summed E-state index contributed by atoms with van der Waals surface area (Å²) in [4.78, 5) is 39.9. The number of hydrogen-bond acceptors (Lipinski definition) is 11. The van der Waals surface area contributed by atoms with Crippen LogP contribution in [0.1, 0.15) is 12.1 Å². The van der Waals surface area contributed by atoms with Gasteiger partial charge in [0, 0.05) is 18.3 Å². The molecule has 0 bridgehead atoms. The number of nitrogens with zero attached hydrogens (tertiary/aromatic N) is 5. The molecule has 2 rings (SSSR count). The van der Waals surface area contributed by atoms with Crippen molar-refractivity contribution in [2.75, 3.05) is 39.7 Å². The van der Waals surface area contributed by atoms with Gasteiger partial charge in [0.25, 0.3) is 12.4 Å². The number of benzene rings is 1. The molecule has 1 aromatic carbocycles. The molecule has 15 nitrogen and oxygen atoms in total. The lowest BCUT2D eigenvalue weighted by Gasteiger charge is -2.30. The zero-order valence-electron chi connectivity index (χ0n) is 20.7. The topological polar surface area (TPSA) is 197 Å². The molecule has 3 atom stereocenters. The van der Waals surface area contributed by atoms with Crippen molar-refractivity contribution >= 4 is 30.2 Å². The number of hydrogen-bond donors (Lipinski definition) is 5. The molecule has 2 amide bonds. The number of anilines is 1. The van der Waals surface area contributed by atoms with Gasteiger partial charge in [-0.1, -0.05) is 10.4 Å². The monoisotopic (exact) mass is 522 g/mol. The zero-order chi connectivity index (χ0) is 27.4. The Hall–Kier alpha value is -3.92. The van der Waals surface area contributed by atoms with Gasteiger partial charge in [0.2, 0.25) is 0 Å². The van der Waals surface area contributed by atoms with Crippen molar-refractivity contribution in [3.05, 3.63) is 36.2 Å². The number of ether oxygens (including phenoxy) is 1. The standard InChI is InChI=1S/C22H31N7O8/c1-29(2,3)22(36-14-31)21(35)25-15-4-6-17(7-5-15)28-11-16(26-27-28)10-23-20(34)13-37-24-9-8-18(32)19(33)12-30/h4-7,9,11,14,18-19,22,30,32-33H,8,10,12-13H2,1-3H3,(H-,23,25,34,35)/p+1/t18-,19+,22?/m0/s1. The normalized spacial score (nSPS) is 14.0. The van der Waals surface area contributed by atoms with Crippen molar-refractivity contribution in [1.82, 2.24) is 20.3 Å². The number of carbonyl (C=O) groups excluding carboxylic acids is 3. The first kappa shape index (κ1) is 29.3. The van der Waals surface area contributed by atoms with Gasteiger partial charge in [-0.25, -0.2) is 4.68 Å². The van der Waals surface area contributed by atoms with Crippen LogP contribution in [0, 0.1) is 0 Å². The summed E-state index contributed by atoms with van der Waals surface area (Å²) in [5, 5.41) is 44.2. The van der Waals surface area contributed by atoms with Crippen LogP contribution in [-0.4, -0.2) is 112 Å². The van der Waals surface area contributed by atoms with Gasteiger partial charge in [0.1, 0.15) is 11.8 Å². The first-order valence-corrected chi connectivity index (χ1v) is 11.2. The van der Waals surface area contributed by atoms with Gasteiger partial charge in [-0.15, -0.1) is 5.10 Å². The smallest absolute Gasteiger partial charge is 0.325 e. The lowest BCUT2D eigenvalue weighted by atomic mass is 10.2. The van der Waals surface area contributed by atoms with Crippen LogP contribution in [0.3, 0.4) is 0 Å². The van der Waals surface area contributed by atoms with Crippen molar-refractivity contribution in [3.8, 4) is 5.69 Å². The summed E-state index contributed by atoms with van der Waals surface area (Å²) in [5.74, 6) is -0.938. The van der Waals surface area contributed by atoms with Crippen LogP contribution in [0.5, 0.6) is 0 Å². The molecule has 0 aliphatic rings. The van der Waals surface area contributed by atoms with E-state index in [0.717, 1.165) is 0 Å². The largest absolute Gasteiger partial charge is 0.405 e. The average Bonchev–Trinajstić information content (AvgIpc) is 3.34. The summed E-state index contributed by atoms with van der Waals surface area (Å²) in [6, 6.07) is 6.73. The van der Waals surface area contributed by atoms with E-state index in [1.165, 1.54) is 10.9 Å². The Morgan fingerprint density at radius 3 is 2.51 bits per heavy atom. The fourth-order valence-electron chi connectivity index (χ4n) is 2.87. The Bertz CT molecular complexity index is 1050. The summed E-state index contributed by atoms with van der Waals surface area (Å²) < 4.78 is 6.50. The second-order valence-electron chi connectivity index (χ2n) is 8.78. The molecule has 1 unspecified atom stereocenters. The molecule has 0 saturated carbocycles. The number of nitrogens with one attached hydrogen (secondary N) is 2. The molecule has 0 aliphatic carbocycles. The van der Waals surface area contributed by atoms with Gasteiger partial charge < -0.3 is 35.5 Å². The predicted octanol–water partition coefficient (Wildman–Crippen LogP) is -1.87. The van der Waals surface area contributed by atoms with E-state index in [0.29, 0.717) is 17.1 Å². The molecule has 0 fully saturated rings. The molecule has 0 aliphatic heterocycles. The lowest BCUT2D eigenvalue weighted by Crippen LogP contribution is -2.53. The van der Waals surface area contributed by atoms with E-state index in [-0.39, 0.29) is 30.5 Å². The first-order chi connectivity index (χ1) is 17.5. The number of oxime groups is 1. The number of amides is 2. The van der Waals surface area contributed by atoms with Gasteiger partial charge in [-0.2, -0.15) is 0 Å². The highest BCUT2D eigenvalue weighted by molar-refractivity contribution is 5.93. The Balaban J connectivity index is 1.82. The van der Waals surface area contributed by atoms with Crippen molar-refractivity contribution < 1.29 is 43.8 Å². The van der Waals surface area contributed by atoms with Crippen LogP contribution < -0.4 is 10.6 Å². The molecule has 15 heteroatoms. The summed E-state index contributed by atoms with van der Waals surface area (Å²) >= 11 is 0. The zero-order valence-corrected chi connectivity index (χ0v) is 20.7. The highest BCUT2D eigenvalue weighted by Gasteiger charge is 2.33. The van der Waals surface area contributed by atoms with E-state index in [1.807, 2.05) is 0 Å². The Morgan fingerprint density at radius 1 is 1.19 bits per heavy atom. The van der Waals surface area contributed by atoms with Crippen molar-refractivity contribution in [2.45, 2.75) is 31.4 Å². The number of quaternary nitrogens is 1. The van der Waals surface area contributed by atoms with E-state index in [1.54, 1.807) is 51.6 Å². The lowest BCUT2D eigenvalue weighted by molar-refractivity contribution is -0.905. The molecule has 0 radical (unpaired) electrons. The minimum absolute atomic E-state index is 0.0505. The fraction of sp³-hybridized carbons (Fsp3) is 0.455. The minimum Gasteiger partial charge on any atom is -0.405 e. The molecule has 1 aromatic heterocycles. The van der Waals surface area contributed by atoms with Crippen molar-refractivity contribution in [3.63, 3.8) is 0 Å². The predicted molar refractivity (Wildman–Crippen MR) is 129 cm³/mol. The quantitative estimate of drug-likeness (QED) is 0.0581. The molecule has 37 heavy (non-hydrogen) atoms.